The first kappa shape index (κ1) is 10.7. The number of nitrogens with zero attached hydrogens (tertiary/aromatic N) is 3. The molecule has 0 spiro atoms. The van der Waals surface area contributed by atoms with E-state index in [4.69, 9.17) is 4.74 Å². The molecule has 86 valence electrons. The minimum absolute atomic E-state index is 0.668. The van der Waals surface area contributed by atoms with Gasteiger partial charge < -0.3 is 9.64 Å². The fourth-order valence-electron chi connectivity index (χ4n) is 1.91. The van der Waals surface area contributed by atoms with Crippen molar-refractivity contribution in [2.75, 3.05) is 38.2 Å². The minimum atomic E-state index is 0.668. The lowest BCUT2D eigenvalue weighted by molar-refractivity contribution is 0.266. The molecule has 0 radical (unpaired) electrons. The Hall–Kier alpha value is -1.78. The Morgan fingerprint density at radius 3 is 2.50 bits per heavy atom. The van der Waals surface area contributed by atoms with Gasteiger partial charge in [0.25, 0.3) is 0 Å². The molecular weight excluding hydrogens is 206 g/mol. The number of hydrogen-bond donors (Lipinski definition) is 0. The molecule has 0 aliphatic carbocycles. The van der Waals surface area contributed by atoms with Crippen molar-refractivity contribution >= 4 is 5.69 Å². The van der Waals surface area contributed by atoms with Crippen LogP contribution in [0.5, 0.6) is 5.75 Å². The van der Waals surface area contributed by atoms with Gasteiger partial charge in [0.1, 0.15) is 5.75 Å². The van der Waals surface area contributed by atoms with E-state index < -0.39 is 0 Å². The van der Waals surface area contributed by atoms with Crippen LogP contribution < -0.4 is 9.64 Å². The Morgan fingerprint density at radius 2 is 1.88 bits per heavy atom. The van der Waals surface area contributed by atoms with E-state index in [1.807, 2.05) is 24.3 Å². The number of piperazine rings is 1. The van der Waals surface area contributed by atoms with E-state index in [9.17, 15) is 4.91 Å². The van der Waals surface area contributed by atoms with Gasteiger partial charge in [0, 0.05) is 13.1 Å². The number of benzene rings is 1. The molecule has 0 saturated carbocycles. The second-order valence-electron chi connectivity index (χ2n) is 3.69. The predicted molar refractivity (Wildman–Crippen MR) is 62.6 cm³/mol. The molecule has 0 N–H and O–H groups in total. The van der Waals surface area contributed by atoms with Crippen LogP contribution >= 0.6 is 0 Å². The van der Waals surface area contributed by atoms with Crippen molar-refractivity contribution in [3.8, 4) is 5.75 Å². The zero-order valence-corrected chi connectivity index (χ0v) is 9.30. The van der Waals surface area contributed by atoms with Crippen LogP contribution in [0.4, 0.5) is 5.69 Å². The molecule has 0 unspecified atom stereocenters. The van der Waals surface area contributed by atoms with Crippen LogP contribution in [-0.2, 0) is 0 Å². The summed E-state index contributed by atoms with van der Waals surface area (Å²) in [6.07, 6.45) is 0. The van der Waals surface area contributed by atoms with Crippen molar-refractivity contribution in [2.24, 2.45) is 5.29 Å². The van der Waals surface area contributed by atoms with Crippen molar-refractivity contribution in [1.29, 1.82) is 0 Å². The third kappa shape index (κ3) is 2.08. The summed E-state index contributed by atoms with van der Waals surface area (Å²) < 4.78 is 5.31. The maximum absolute atomic E-state index is 10.4. The highest BCUT2D eigenvalue weighted by atomic mass is 16.5. The molecule has 1 aliphatic rings. The van der Waals surface area contributed by atoms with E-state index in [1.54, 1.807) is 12.1 Å². The van der Waals surface area contributed by atoms with Gasteiger partial charge in [-0.15, -0.1) is 4.91 Å². The summed E-state index contributed by atoms with van der Waals surface area (Å²) in [6.45, 7) is 2.93. The van der Waals surface area contributed by atoms with Crippen LogP contribution in [0.15, 0.2) is 29.6 Å². The van der Waals surface area contributed by atoms with E-state index in [-0.39, 0.29) is 0 Å². The maximum atomic E-state index is 10.4. The molecule has 1 aliphatic heterocycles. The topological polar surface area (TPSA) is 45.1 Å². The van der Waals surface area contributed by atoms with Crippen LogP contribution in [-0.4, -0.2) is 38.3 Å². The Morgan fingerprint density at radius 1 is 1.19 bits per heavy atom. The molecule has 1 fully saturated rings. The number of anilines is 1. The average Bonchev–Trinajstić information content (AvgIpc) is 2.39. The maximum Gasteiger partial charge on any atom is 0.142 e. The van der Waals surface area contributed by atoms with Gasteiger partial charge in [-0.2, -0.15) is 0 Å². The summed E-state index contributed by atoms with van der Waals surface area (Å²) in [7, 11) is 1.67. The summed E-state index contributed by atoms with van der Waals surface area (Å²) in [5.41, 5.74) is 1.08. The van der Waals surface area contributed by atoms with Crippen molar-refractivity contribution < 1.29 is 4.74 Å². The van der Waals surface area contributed by atoms with Crippen molar-refractivity contribution in [3.63, 3.8) is 0 Å². The lowest BCUT2D eigenvalue weighted by atomic mass is 10.2. The van der Waals surface area contributed by atoms with Crippen LogP contribution in [0.25, 0.3) is 0 Å². The van der Waals surface area contributed by atoms with Gasteiger partial charge in [0.2, 0.25) is 0 Å². The van der Waals surface area contributed by atoms with Gasteiger partial charge in [-0.05, 0) is 12.1 Å². The first-order valence-electron chi connectivity index (χ1n) is 5.31. The molecule has 0 aromatic heterocycles. The minimum Gasteiger partial charge on any atom is -0.495 e. The number of rotatable bonds is 3. The zero-order chi connectivity index (χ0) is 11.4. The molecule has 0 atom stereocenters. The molecule has 2 rings (SSSR count). The lowest BCUT2D eigenvalue weighted by Crippen LogP contribution is -2.44. The van der Waals surface area contributed by atoms with Crippen LogP contribution in [0.1, 0.15) is 0 Å². The molecule has 1 heterocycles. The quantitative estimate of drug-likeness (QED) is 0.725. The predicted octanol–water partition coefficient (Wildman–Crippen LogP) is 1.50. The molecule has 1 aromatic rings. The van der Waals surface area contributed by atoms with E-state index in [1.165, 1.54) is 0 Å². The molecular formula is C11H15N3O2. The van der Waals surface area contributed by atoms with Crippen LogP contribution in [0.2, 0.25) is 0 Å². The summed E-state index contributed by atoms with van der Waals surface area (Å²) in [5.74, 6) is 0.870. The fourth-order valence-corrected chi connectivity index (χ4v) is 1.91. The van der Waals surface area contributed by atoms with Crippen molar-refractivity contribution in [1.82, 2.24) is 5.01 Å². The highest BCUT2D eigenvalue weighted by Crippen LogP contribution is 2.28. The number of methoxy groups -OCH3 is 1. The van der Waals surface area contributed by atoms with Crippen molar-refractivity contribution in [3.05, 3.63) is 29.2 Å². The highest BCUT2D eigenvalue weighted by molar-refractivity contribution is 5.58. The first-order valence-corrected chi connectivity index (χ1v) is 5.31. The smallest absolute Gasteiger partial charge is 0.142 e. The Labute approximate surface area is 94.5 Å². The van der Waals surface area contributed by atoms with Gasteiger partial charge in [0.15, 0.2) is 0 Å². The van der Waals surface area contributed by atoms with E-state index in [0.29, 0.717) is 13.1 Å². The largest absolute Gasteiger partial charge is 0.495 e. The molecule has 0 amide bonds. The summed E-state index contributed by atoms with van der Waals surface area (Å²) >= 11 is 0. The Bertz CT molecular complexity index is 362. The highest BCUT2D eigenvalue weighted by Gasteiger charge is 2.18. The summed E-state index contributed by atoms with van der Waals surface area (Å²) in [5, 5.41) is 4.49. The Balaban J connectivity index is 2.10. The standard InChI is InChI=1S/C11H15N3O2/c1-16-11-5-3-2-4-10(11)13-6-8-14(12-15)9-7-13/h2-5H,6-9H2,1H3. The van der Waals surface area contributed by atoms with Gasteiger partial charge in [-0.25, -0.2) is 0 Å². The van der Waals surface area contributed by atoms with E-state index in [0.717, 1.165) is 24.5 Å². The normalized spacial score (nSPS) is 16.1. The number of nitroso groups, excluding NO2 is 1. The first-order chi connectivity index (χ1) is 7.85. The molecule has 1 saturated heterocycles. The van der Waals surface area contributed by atoms with Gasteiger partial charge in [0.05, 0.1) is 31.2 Å². The number of para-hydroxylation sites is 2. The SMILES string of the molecule is COc1ccccc1N1CCN(N=O)CC1. The van der Waals surface area contributed by atoms with E-state index >= 15 is 0 Å². The van der Waals surface area contributed by atoms with Crippen LogP contribution in [0, 0.1) is 4.91 Å². The van der Waals surface area contributed by atoms with Gasteiger partial charge >= 0.3 is 0 Å². The second-order valence-corrected chi connectivity index (χ2v) is 3.69. The second kappa shape index (κ2) is 4.83. The van der Waals surface area contributed by atoms with Crippen LogP contribution in [0.3, 0.4) is 0 Å². The Kier molecular flexibility index (Phi) is 3.24. The summed E-state index contributed by atoms with van der Waals surface area (Å²) in [6, 6.07) is 7.91. The average molecular weight is 221 g/mol. The van der Waals surface area contributed by atoms with Gasteiger partial charge in [-0.3, -0.25) is 5.01 Å². The van der Waals surface area contributed by atoms with E-state index in [2.05, 4.69) is 10.2 Å². The third-order valence-electron chi connectivity index (χ3n) is 2.80. The monoisotopic (exact) mass is 221 g/mol. The summed E-state index contributed by atoms with van der Waals surface area (Å²) in [4.78, 5) is 12.6. The zero-order valence-electron chi connectivity index (χ0n) is 9.30. The number of hydrogen-bond acceptors (Lipinski definition) is 4. The lowest BCUT2D eigenvalue weighted by Gasteiger charge is -2.33. The molecule has 16 heavy (non-hydrogen) atoms. The third-order valence-corrected chi connectivity index (χ3v) is 2.80. The molecule has 5 heteroatoms. The molecule has 5 nitrogen and oxygen atoms in total. The molecule has 1 aromatic carbocycles. The van der Waals surface area contributed by atoms with Gasteiger partial charge in [-0.1, -0.05) is 12.1 Å². The molecule has 0 bridgehead atoms. The fraction of sp³-hybridized carbons (Fsp3) is 0.455. The number of ether oxygens (including phenoxy) is 1. The van der Waals surface area contributed by atoms with Crippen molar-refractivity contribution in [2.45, 2.75) is 0 Å².